The van der Waals surface area contributed by atoms with Gasteiger partial charge in [0, 0.05) is 18.8 Å². The molecular formula is C28H37N3O3. The van der Waals surface area contributed by atoms with Gasteiger partial charge in [-0.3, -0.25) is 4.79 Å². The van der Waals surface area contributed by atoms with Gasteiger partial charge in [-0.1, -0.05) is 31.4 Å². The molecular weight excluding hydrogens is 426 g/mol. The van der Waals surface area contributed by atoms with Crippen LogP contribution in [0.1, 0.15) is 73.7 Å². The first-order valence-electron chi connectivity index (χ1n) is 13.1. The van der Waals surface area contributed by atoms with Gasteiger partial charge >= 0.3 is 0 Å². The number of carbonyl (C=O) groups is 1. The molecule has 2 aliphatic carbocycles. The standard InChI is InChI=1S/C28H37N3O3/c1-20-10-15-26(29-18-20)31-16-17-33-27-24(8-5-9-25(27)31)28(32)30-22-11-13-23(14-12-22)34-19-21-6-3-2-4-7-21/h5,8-10,15,18,21-23H,2-4,6-7,11-14,16-17,19H2,1H3,(H,30,32)/t22-,23-. The molecule has 0 unspecified atom stereocenters. The molecule has 0 atom stereocenters. The van der Waals surface area contributed by atoms with Crippen molar-refractivity contribution in [2.24, 2.45) is 5.92 Å². The fourth-order valence-corrected chi connectivity index (χ4v) is 5.55. The van der Waals surface area contributed by atoms with Gasteiger partial charge in [0.25, 0.3) is 5.91 Å². The topological polar surface area (TPSA) is 63.7 Å². The maximum Gasteiger partial charge on any atom is 0.255 e. The lowest BCUT2D eigenvalue weighted by Crippen LogP contribution is -2.40. The van der Waals surface area contributed by atoms with Crippen LogP contribution in [0.15, 0.2) is 36.5 Å². The Morgan fingerprint density at radius 3 is 2.68 bits per heavy atom. The molecule has 0 spiro atoms. The van der Waals surface area contributed by atoms with Crippen molar-refractivity contribution in [2.45, 2.75) is 76.9 Å². The number of amides is 1. The Labute approximate surface area is 203 Å². The Morgan fingerprint density at radius 2 is 1.91 bits per heavy atom. The highest BCUT2D eigenvalue weighted by molar-refractivity contribution is 5.99. The van der Waals surface area contributed by atoms with Crippen molar-refractivity contribution in [1.82, 2.24) is 10.3 Å². The molecule has 2 aromatic rings. The predicted molar refractivity (Wildman–Crippen MR) is 134 cm³/mol. The maximum absolute atomic E-state index is 13.2. The maximum atomic E-state index is 13.2. The number of carbonyl (C=O) groups excluding carboxylic acids is 1. The van der Waals surface area contributed by atoms with Gasteiger partial charge in [-0.05, 0) is 75.1 Å². The quantitative estimate of drug-likeness (QED) is 0.608. The number of fused-ring (bicyclic) bond motifs is 1. The molecule has 5 rings (SSSR count). The van der Waals surface area contributed by atoms with E-state index in [4.69, 9.17) is 9.47 Å². The van der Waals surface area contributed by atoms with Crippen molar-refractivity contribution in [3.63, 3.8) is 0 Å². The summed E-state index contributed by atoms with van der Waals surface area (Å²) >= 11 is 0. The number of nitrogens with one attached hydrogen (secondary N) is 1. The minimum atomic E-state index is -0.0536. The first-order valence-corrected chi connectivity index (χ1v) is 13.1. The zero-order valence-corrected chi connectivity index (χ0v) is 20.3. The number of aromatic nitrogens is 1. The molecule has 1 N–H and O–H groups in total. The van der Waals surface area contributed by atoms with Crippen LogP contribution in [0.3, 0.4) is 0 Å². The third kappa shape index (κ3) is 5.38. The molecule has 0 radical (unpaired) electrons. The molecule has 0 bridgehead atoms. The molecule has 1 aromatic heterocycles. The van der Waals surface area contributed by atoms with Gasteiger partial charge in [0.05, 0.1) is 23.9 Å². The second kappa shape index (κ2) is 10.8. The van der Waals surface area contributed by atoms with Crippen molar-refractivity contribution < 1.29 is 14.3 Å². The summed E-state index contributed by atoms with van der Waals surface area (Å²) in [5, 5.41) is 3.26. The fourth-order valence-electron chi connectivity index (χ4n) is 5.55. The van der Waals surface area contributed by atoms with Crippen LogP contribution < -0.4 is 15.0 Å². The Morgan fingerprint density at radius 1 is 1.09 bits per heavy atom. The van der Waals surface area contributed by atoms with E-state index in [0.717, 1.165) is 55.3 Å². The Bertz CT molecular complexity index is 963. The lowest BCUT2D eigenvalue weighted by Gasteiger charge is -2.33. The predicted octanol–water partition coefficient (Wildman–Crippen LogP) is 5.56. The number of rotatable bonds is 6. The number of para-hydroxylation sites is 1. The van der Waals surface area contributed by atoms with Gasteiger partial charge < -0.3 is 19.7 Å². The molecule has 1 aromatic carbocycles. The Balaban J connectivity index is 1.18. The lowest BCUT2D eigenvalue weighted by atomic mass is 9.89. The van der Waals surface area contributed by atoms with Crippen molar-refractivity contribution in [3.8, 4) is 5.75 Å². The molecule has 1 amide bonds. The zero-order valence-electron chi connectivity index (χ0n) is 20.3. The van der Waals surface area contributed by atoms with Gasteiger partial charge in [-0.15, -0.1) is 0 Å². The highest BCUT2D eigenvalue weighted by atomic mass is 16.5. The van der Waals surface area contributed by atoms with Crippen LogP contribution in [-0.2, 0) is 4.74 Å². The molecule has 2 saturated carbocycles. The lowest BCUT2D eigenvalue weighted by molar-refractivity contribution is -0.00313. The van der Waals surface area contributed by atoms with E-state index < -0.39 is 0 Å². The van der Waals surface area contributed by atoms with Gasteiger partial charge in [0.15, 0.2) is 5.75 Å². The molecule has 0 saturated heterocycles. The smallest absolute Gasteiger partial charge is 0.255 e. The number of pyridine rings is 1. The van der Waals surface area contributed by atoms with E-state index in [1.165, 1.54) is 32.1 Å². The first kappa shape index (κ1) is 23.2. The van der Waals surface area contributed by atoms with Crippen LogP contribution in [0, 0.1) is 12.8 Å². The normalized spacial score (nSPS) is 23.1. The van der Waals surface area contributed by atoms with E-state index in [0.29, 0.717) is 30.6 Å². The monoisotopic (exact) mass is 463 g/mol. The first-order chi connectivity index (χ1) is 16.7. The number of hydrogen-bond acceptors (Lipinski definition) is 5. The summed E-state index contributed by atoms with van der Waals surface area (Å²) in [4.78, 5) is 19.9. The van der Waals surface area contributed by atoms with E-state index in [1.807, 2.05) is 37.4 Å². The van der Waals surface area contributed by atoms with Crippen LogP contribution in [0.25, 0.3) is 0 Å². The average molecular weight is 464 g/mol. The van der Waals surface area contributed by atoms with Gasteiger partial charge in [-0.25, -0.2) is 4.98 Å². The van der Waals surface area contributed by atoms with Gasteiger partial charge in [-0.2, -0.15) is 0 Å². The van der Waals surface area contributed by atoms with E-state index >= 15 is 0 Å². The SMILES string of the molecule is Cc1ccc(N2CCOc3c(C(=O)N[C@H]4CC[C@H](OCC5CCCCC5)CC4)cccc32)nc1. The summed E-state index contributed by atoms with van der Waals surface area (Å²) in [5.74, 6) is 2.23. The molecule has 34 heavy (non-hydrogen) atoms. The summed E-state index contributed by atoms with van der Waals surface area (Å²) in [6, 6.07) is 10.1. The number of ether oxygens (including phenoxy) is 2. The van der Waals surface area contributed by atoms with Crippen molar-refractivity contribution in [2.75, 3.05) is 24.7 Å². The Kier molecular flexibility index (Phi) is 7.33. The van der Waals surface area contributed by atoms with Crippen molar-refractivity contribution in [3.05, 3.63) is 47.7 Å². The third-order valence-electron chi connectivity index (χ3n) is 7.57. The third-order valence-corrected chi connectivity index (χ3v) is 7.57. The molecule has 2 fully saturated rings. The van der Waals surface area contributed by atoms with E-state index in [9.17, 15) is 4.79 Å². The summed E-state index contributed by atoms with van der Waals surface area (Å²) in [6.07, 6.45) is 13.0. The summed E-state index contributed by atoms with van der Waals surface area (Å²) in [7, 11) is 0. The van der Waals surface area contributed by atoms with Crippen molar-refractivity contribution in [1.29, 1.82) is 0 Å². The molecule has 182 valence electrons. The highest BCUT2D eigenvalue weighted by Crippen LogP contribution is 2.38. The molecule has 6 heteroatoms. The van der Waals surface area contributed by atoms with Crippen LogP contribution in [-0.4, -0.2) is 42.8 Å². The molecule has 1 aliphatic heterocycles. The highest BCUT2D eigenvalue weighted by Gasteiger charge is 2.28. The number of hydrogen-bond donors (Lipinski definition) is 1. The summed E-state index contributed by atoms with van der Waals surface area (Å²) < 4.78 is 12.2. The van der Waals surface area contributed by atoms with Crippen LogP contribution in [0.2, 0.25) is 0 Å². The van der Waals surface area contributed by atoms with E-state index in [1.54, 1.807) is 0 Å². The van der Waals surface area contributed by atoms with Crippen molar-refractivity contribution >= 4 is 17.4 Å². The zero-order chi connectivity index (χ0) is 23.3. The minimum Gasteiger partial charge on any atom is -0.489 e. The fraction of sp³-hybridized carbons (Fsp3) is 0.571. The molecule has 3 aliphatic rings. The van der Waals surface area contributed by atoms with Gasteiger partial charge in [0.1, 0.15) is 12.4 Å². The second-order valence-electron chi connectivity index (χ2n) is 10.1. The Hall–Kier alpha value is -2.60. The number of aryl methyl sites for hydroxylation is 1. The summed E-state index contributed by atoms with van der Waals surface area (Å²) in [5.41, 5.74) is 2.62. The minimum absolute atomic E-state index is 0.0536. The van der Waals surface area contributed by atoms with E-state index in [-0.39, 0.29) is 11.9 Å². The van der Waals surface area contributed by atoms with E-state index in [2.05, 4.69) is 21.3 Å². The number of nitrogens with zero attached hydrogens (tertiary/aromatic N) is 2. The molecule has 6 nitrogen and oxygen atoms in total. The van der Waals surface area contributed by atoms with Gasteiger partial charge in [0.2, 0.25) is 0 Å². The second-order valence-corrected chi connectivity index (χ2v) is 10.1. The average Bonchev–Trinajstić information content (AvgIpc) is 2.89. The number of benzene rings is 1. The largest absolute Gasteiger partial charge is 0.489 e. The van der Waals surface area contributed by atoms with Crippen LogP contribution >= 0.6 is 0 Å². The molecule has 2 heterocycles. The van der Waals surface area contributed by atoms with Crippen LogP contribution in [0.5, 0.6) is 5.75 Å². The summed E-state index contributed by atoms with van der Waals surface area (Å²) in [6.45, 7) is 4.18. The van der Waals surface area contributed by atoms with Crippen LogP contribution in [0.4, 0.5) is 11.5 Å². The number of anilines is 2.